The summed E-state index contributed by atoms with van der Waals surface area (Å²) in [5.41, 5.74) is 0.0975. The first kappa shape index (κ1) is 17.4. The van der Waals surface area contributed by atoms with E-state index in [4.69, 9.17) is 4.74 Å². The Hall–Kier alpha value is -1.45. The molecule has 3 aliphatic carbocycles. The van der Waals surface area contributed by atoms with Crippen molar-refractivity contribution in [2.45, 2.75) is 65.2 Å². The minimum atomic E-state index is -0.612. The fraction of sp³-hybridized carbons (Fsp3) is 0.750. The highest BCUT2D eigenvalue weighted by atomic mass is 16.5. The molecule has 0 unspecified atom stereocenters. The maximum absolute atomic E-state index is 13.1. The molecule has 0 aromatic heterocycles. The van der Waals surface area contributed by atoms with E-state index in [1.807, 2.05) is 13.8 Å². The van der Waals surface area contributed by atoms with Crippen molar-refractivity contribution in [1.29, 1.82) is 0 Å². The number of Topliss-reactive ketones (excluding diaryl/α,β-unsaturated/α-hetero) is 1. The van der Waals surface area contributed by atoms with Crippen LogP contribution in [0.2, 0.25) is 0 Å². The van der Waals surface area contributed by atoms with Crippen LogP contribution in [0.5, 0.6) is 0 Å². The molecular formula is C20H28O4. The monoisotopic (exact) mass is 332 g/mol. The number of ether oxygens (including phenoxy) is 1. The van der Waals surface area contributed by atoms with E-state index in [1.54, 1.807) is 6.08 Å². The molecule has 2 fully saturated rings. The van der Waals surface area contributed by atoms with Crippen LogP contribution in [0.1, 0.15) is 65.2 Å². The lowest BCUT2D eigenvalue weighted by molar-refractivity contribution is -0.166. The average Bonchev–Trinajstić information content (AvgIpc) is 2.90. The molecule has 0 heterocycles. The minimum absolute atomic E-state index is 0.000295. The number of carbonyl (C=O) groups is 3. The molecule has 0 spiro atoms. The predicted molar refractivity (Wildman–Crippen MR) is 90.2 cm³/mol. The molecule has 3 aliphatic rings. The fourth-order valence-electron chi connectivity index (χ4n) is 5.46. The van der Waals surface area contributed by atoms with Gasteiger partial charge in [-0.1, -0.05) is 18.9 Å². The van der Waals surface area contributed by atoms with Gasteiger partial charge in [0.15, 0.2) is 5.78 Å². The van der Waals surface area contributed by atoms with Gasteiger partial charge in [-0.25, -0.2) is 0 Å². The zero-order valence-electron chi connectivity index (χ0n) is 15.0. The molecule has 0 amide bonds. The summed E-state index contributed by atoms with van der Waals surface area (Å²) in [6.07, 6.45) is 7.74. The standard InChI is InChI=1S/C20H28O4/c1-19-9-4-10-20(2,18(23)24-3)16(19)7-5-13-11-14(15(21)12-13)6-8-17(19)22/h12,14,16H,4-11H2,1-3H3/t14-,16+,19-,20-/m1/s1. The Balaban J connectivity index is 1.98. The molecule has 0 aliphatic heterocycles. The summed E-state index contributed by atoms with van der Waals surface area (Å²) in [7, 11) is 1.43. The molecule has 132 valence electrons. The number of hydrogen-bond acceptors (Lipinski definition) is 4. The van der Waals surface area contributed by atoms with Gasteiger partial charge in [-0.15, -0.1) is 0 Å². The molecule has 4 atom stereocenters. The van der Waals surface area contributed by atoms with Gasteiger partial charge < -0.3 is 4.74 Å². The SMILES string of the molecule is COC(=O)[C@]1(C)CCC[C@@]2(C)C(=O)CC[C@@H]3CC(=CC3=O)CC[C@@H]21. The number of allylic oxidation sites excluding steroid dienone is 2. The quantitative estimate of drug-likeness (QED) is 0.688. The zero-order chi connectivity index (χ0) is 17.5. The number of rotatable bonds is 1. The number of ketones is 2. The minimum Gasteiger partial charge on any atom is -0.469 e. The highest BCUT2D eigenvalue weighted by Crippen LogP contribution is 2.55. The van der Waals surface area contributed by atoms with E-state index in [0.717, 1.165) is 38.5 Å². The van der Waals surface area contributed by atoms with Crippen molar-refractivity contribution in [3.8, 4) is 0 Å². The van der Waals surface area contributed by atoms with Crippen molar-refractivity contribution in [2.75, 3.05) is 7.11 Å². The van der Waals surface area contributed by atoms with E-state index in [9.17, 15) is 14.4 Å². The Morgan fingerprint density at radius 2 is 1.92 bits per heavy atom. The van der Waals surface area contributed by atoms with E-state index in [1.165, 1.54) is 12.7 Å². The van der Waals surface area contributed by atoms with Gasteiger partial charge in [0.25, 0.3) is 0 Å². The Bertz CT molecular complexity index is 605. The van der Waals surface area contributed by atoms with Gasteiger partial charge >= 0.3 is 5.97 Å². The first-order valence-electron chi connectivity index (χ1n) is 9.16. The molecule has 4 nitrogen and oxygen atoms in total. The van der Waals surface area contributed by atoms with Gasteiger partial charge in [0.2, 0.25) is 0 Å². The van der Waals surface area contributed by atoms with Crippen LogP contribution in [0, 0.1) is 22.7 Å². The molecule has 2 bridgehead atoms. The van der Waals surface area contributed by atoms with Gasteiger partial charge in [-0.2, -0.15) is 0 Å². The summed E-state index contributed by atoms with van der Waals surface area (Å²) in [5.74, 6) is 0.193. The van der Waals surface area contributed by atoms with Gasteiger partial charge in [0.1, 0.15) is 5.78 Å². The molecule has 0 aromatic rings. The smallest absolute Gasteiger partial charge is 0.311 e. The van der Waals surface area contributed by atoms with Crippen molar-refractivity contribution in [2.24, 2.45) is 22.7 Å². The summed E-state index contributed by atoms with van der Waals surface area (Å²) in [6, 6.07) is 0. The van der Waals surface area contributed by atoms with Crippen molar-refractivity contribution in [1.82, 2.24) is 0 Å². The van der Waals surface area contributed by atoms with Crippen molar-refractivity contribution in [3.63, 3.8) is 0 Å². The van der Waals surface area contributed by atoms with Crippen LogP contribution in [-0.4, -0.2) is 24.6 Å². The Morgan fingerprint density at radius 1 is 1.17 bits per heavy atom. The summed E-state index contributed by atoms with van der Waals surface area (Å²) >= 11 is 0. The first-order chi connectivity index (χ1) is 11.3. The van der Waals surface area contributed by atoms with Gasteiger partial charge in [-0.3, -0.25) is 14.4 Å². The number of hydrogen-bond donors (Lipinski definition) is 0. The lowest BCUT2D eigenvalue weighted by Crippen LogP contribution is -2.52. The second-order valence-corrected chi connectivity index (χ2v) is 8.34. The molecule has 24 heavy (non-hydrogen) atoms. The summed E-state index contributed by atoms with van der Waals surface area (Å²) in [6.45, 7) is 4.01. The van der Waals surface area contributed by atoms with E-state index in [-0.39, 0.29) is 29.4 Å². The van der Waals surface area contributed by atoms with Gasteiger partial charge in [0.05, 0.1) is 12.5 Å². The van der Waals surface area contributed by atoms with Gasteiger partial charge in [0, 0.05) is 17.8 Å². The normalized spacial score (nSPS) is 39.9. The molecule has 0 N–H and O–H groups in total. The lowest BCUT2D eigenvalue weighted by atomic mass is 9.52. The highest BCUT2D eigenvalue weighted by Gasteiger charge is 2.56. The van der Waals surface area contributed by atoms with E-state index >= 15 is 0 Å². The summed E-state index contributed by atoms with van der Waals surface area (Å²) < 4.78 is 5.11. The van der Waals surface area contributed by atoms with Crippen molar-refractivity contribution in [3.05, 3.63) is 11.6 Å². The van der Waals surface area contributed by atoms with Crippen LogP contribution in [0.15, 0.2) is 11.6 Å². The Labute approximate surface area is 144 Å². The number of fused-ring (bicyclic) bond motifs is 3. The topological polar surface area (TPSA) is 60.4 Å². The number of carbonyl (C=O) groups excluding carboxylic acids is 3. The molecule has 2 saturated carbocycles. The molecule has 0 radical (unpaired) electrons. The third-order valence-corrected chi connectivity index (χ3v) is 6.95. The molecule has 0 saturated heterocycles. The highest BCUT2D eigenvalue weighted by molar-refractivity contribution is 5.96. The largest absolute Gasteiger partial charge is 0.469 e. The van der Waals surface area contributed by atoms with Crippen LogP contribution in [0.4, 0.5) is 0 Å². The zero-order valence-corrected chi connectivity index (χ0v) is 15.0. The first-order valence-corrected chi connectivity index (χ1v) is 9.16. The maximum atomic E-state index is 13.1. The summed E-state index contributed by atoms with van der Waals surface area (Å²) in [4.78, 5) is 37.7. The van der Waals surface area contributed by atoms with Crippen LogP contribution >= 0.6 is 0 Å². The lowest BCUT2D eigenvalue weighted by Gasteiger charge is -2.50. The fourth-order valence-corrected chi connectivity index (χ4v) is 5.46. The maximum Gasteiger partial charge on any atom is 0.311 e. The summed E-state index contributed by atoms with van der Waals surface area (Å²) in [5, 5.41) is 0. The van der Waals surface area contributed by atoms with Crippen LogP contribution in [-0.2, 0) is 19.1 Å². The van der Waals surface area contributed by atoms with Crippen LogP contribution in [0.3, 0.4) is 0 Å². The third kappa shape index (κ3) is 2.64. The molecule has 3 rings (SSSR count). The van der Waals surface area contributed by atoms with Crippen LogP contribution in [0.25, 0.3) is 0 Å². The van der Waals surface area contributed by atoms with E-state index < -0.39 is 10.8 Å². The van der Waals surface area contributed by atoms with E-state index in [2.05, 4.69) is 0 Å². The average molecular weight is 332 g/mol. The van der Waals surface area contributed by atoms with Crippen molar-refractivity contribution < 1.29 is 19.1 Å². The van der Waals surface area contributed by atoms with Gasteiger partial charge in [-0.05, 0) is 57.4 Å². The van der Waals surface area contributed by atoms with E-state index in [0.29, 0.717) is 12.8 Å². The Kier molecular flexibility index (Phi) is 4.43. The molecule has 4 heteroatoms. The second kappa shape index (κ2) is 6.12. The molecule has 0 aromatic carbocycles. The van der Waals surface area contributed by atoms with Crippen molar-refractivity contribution >= 4 is 17.5 Å². The third-order valence-electron chi connectivity index (χ3n) is 6.95. The second-order valence-electron chi connectivity index (χ2n) is 8.34. The molecular weight excluding hydrogens is 304 g/mol. The predicted octanol–water partition coefficient (Wildman–Crippen LogP) is 3.63. The number of methoxy groups -OCH3 is 1. The van der Waals surface area contributed by atoms with Crippen LogP contribution < -0.4 is 0 Å². The Morgan fingerprint density at radius 3 is 2.62 bits per heavy atom. The number of esters is 1.